The molecule has 1 aromatic carbocycles. The molecule has 0 aromatic heterocycles. The average molecular weight is 254 g/mol. The van der Waals surface area contributed by atoms with Crippen LogP contribution in [0, 0.1) is 0 Å². The van der Waals surface area contributed by atoms with Crippen molar-refractivity contribution < 1.29 is 9.84 Å². The van der Waals surface area contributed by atoms with Crippen molar-refractivity contribution in [3.05, 3.63) is 29.8 Å². The van der Waals surface area contributed by atoms with E-state index in [2.05, 4.69) is 26.0 Å². The van der Waals surface area contributed by atoms with E-state index in [0.717, 1.165) is 24.3 Å². The second kappa shape index (κ2) is 7.62. The largest absolute Gasteiger partial charge is 0.497 e. The summed E-state index contributed by atoms with van der Waals surface area (Å²) in [6.07, 6.45) is 1.54. The Bertz CT molecular complexity index is 309. The smallest absolute Gasteiger partial charge is 0.118 e. The van der Waals surface area contributed by atoms with Gasteiger partial charge >= 0.3 is 0 Å². The fourth-order valence-corrected chi connectivity index (χ4v) is 2.29. The van der Waals surface area contributed by atoms with Crippen LogP contribution in [0.2, 0.25) is 0 Å². The molecular weight excluding hydrogens is 232 g/mol. The number of aryl methyl sites for hydroxylation is 1. The van der Waals surface area contributed by atoms with Crippen molar-refractivity contribution >= 4 is 11.8 Å². The van der Waals surface area contributed by atoms with Gasteiger partial charge in [0.15, 0.2) is 0 Å². The highest BCUT2D eigenvalue weighted by molar-refractivity contribution is 7.99. The van der Waals surface area contributed by atoms with Gasteiger partial charge in [-0.3, -0.25) is 0 Å². The van der Waals surface area contributed by atoms with E-state index >= 15 is 0 Å². The van der Waals surface area contributed by atoms with Gasteiger partial charge in [0.25, 0.3) is 0 Å². The summed E-state index contributed by atoms with van der Waals surface area (Å²) >= 11 is 1.81. The number of hydrogen-bond acceptors (Lipinski definition) is 3. The molecular formula is C14H22O2S. The summed E-state index contributed by atoms with van der Waals surface area (Å²) in [4.78, 5) is 0. The molecule has 0 bridgehead atoms. The van der Waals surface area contributed by atoms with Crippen LogP contribution in [0.25, 0.3) is 0 Å². The second-order valence-corrected chi connectivity index (χ2v) is 6.03. The van der Waals surface area contributed by atoms with E-state index in [-0.39, 0.29) is 6.10 Å². The molecule has 0 saturated carbocycles. The maximum absolute atomic E-state index is 9.81. The molecule has 96 valence electrons. The van der Waals surface area contributed by atoms with Crippen LogP contribution in [-0.4, -0.2) is 29.3 Å². The molecule has 0 spiro atoms. The van der Waals surface area contributed by atoms with E-state index in [9.17, 15) is 5.11 Å². The molecule has 0 radical (unpaired) electrons. The van der Waals surface area contributed by atoms with E-state index in [1.54, 1.807) is 7.11 Å². The molecule has 0 heterocycles. The first-order valence-corrected chi connectivity index (χ1v) is 7.09. The lowest BCUT2D eigenvalue weighted by molar-refractivity contribution is 0.189. The predicted molar refractivity (Wildman–Crippen MR) is 74.9 cm³/mol. The minimum atomic E-state index is -0.204. The predicted octanol–water partition coefficient (Wildman–Crippen LogP) is 3.13. The van der Waals surface area contributed by atoms with E-state index < -0.39 is 0 Å². The Morgan fingerprint density at radius 3 is 2.41 bits per heavy atom. The zero-order chi connectivity index (χ0) is 12.7. The average Bonchev–Trinajstić information content (AvgIpc) is 2.34. The quantitative estimate of drug-likeness (QED) is 0.810. The van der Waals surface area contributed by atoms with Crippen LogP contribution >= 0.6 is 11.8 Å². The van der Waals surface area contributed by atoms with E-state index in [4.69, 9.17) is 4.74 Å². The van der Waals surface area contributed by atoms with Crippen LogP contribution < -0.4 is 4.74 Å². The Morgan fingerprint density at radius 2 is 1.88 bits per heavy atom. The van der Waals surface area contributed by atoms with Gasteiger partial charge in [0.2, 0.25) is 0 Å². The highest BCUT2D eigenvalue weighted by atomic mass is 32.2. The van der Waals surface area contributed by atoms with Gasteiger partial charge in [0, 0.05) is 5.75 Å². The van der Waals surface area contributed by atoms with Crippen molar-refractivity contribution in [1.29, 1.82) is 0 Å². The van der Waals surface area contributed by atoms with Gasteiger partial charge in [-0.15, -0.1) is 0 Å². The lowest BCUT2D eigenvalue weighted by Gasteiger charge is -2.12. The minimum absolute atomic E-state index is 0.204. The molecule has 0 aliphatic rings. The standard InChI is InChI=1S/C14H22O2S/c1-11(2)17-10-13(15)7-4-12-5-8-14(16-3)9-6-12/h5-6,8-9,11,13,15H,4,7,10H2,1-3H3. The number of thioether (sulfide) groups is 1. The van der Waals surface area contributed by atoms with Crippen LogP contribution in [0.4, 0.5) is 0 Å². The molecule has 0 amide bonds. The number of rotatable bonds is 7. The summed E-state index contributed by atoms with van der Waals surface area (Å²) in [5.74, 6) is 1.71. The van der Waals surface area contributed by atoms with Crippen LogP contribution in [-0.2, 0) is 6.42 Å². The first kappa shape index (κ1) is 14.4. The third kappa shape index (κ3) is 5.99. The fraction of sp³-hybridized carbons (Fsp3) is 0.571. The summed E-state index contributed by atoms with van der Waals surface area (Å²) < 4.78 is 5.11. The Morgan fingerprint density at radius 1 is 1.24 bits per heavy atom. The van der Waals surface area contributed by atoms with Gasteiger partial charge in [-0.25, -0.2) is 0 Å². The number of methoxy groups -OCH3 is 1. The Balaban J connectivity index is 2.29. The zero-order valence-corrected chi connectivity index (χ0v) is 11.7. The third-order valence-corrected chi connectivity index (χ3v) is 3.79. The van der Waals surface area contributed by atoms with Gasteiger partial charge in [-0.05, 0) is 35.8 Å². The SMILES string of the molecule is COc1ccc(CCC(O)CSC(C)C)cc1. The van der Waals surface area contributed by atoms with Crippen LogP contribution in [0.15, 0.2) is 24.3 Å². The molecule has 0 saturated heterocycles. The molecule has 0 aliphatic carbocycles. The summed E-state index contributed by atoms with van der Waals surface area (Å²) in [6.45, 7) is 4.31. The van der Waals surface area contributed by atoms with Crippen LogP contribution in [0.3, 0.4) is 0 Å². The number of benzene rings is 1. The summed E-state index contributed by atoms with van der Waals surface area (Å²) in [6, 6.07) is 8.04. The number of aliphatic hydroxyl groups excluding tert-OH is 1. The molecule has 1 atom stereocenters. The van der Waals surface area contributed by atoms with Crippen molar-refractivity contribution in [2.45, 2.75) is 38.0 Å². The number of aliphatic hydroxyl groups is 1. The monoisotopic (exact) mass is 254 g/mol. The highest BCUT2D eigenvalue weighted by Gasteiger charge is 2.06. The van der Waals surface area contributed by atoms with Crippen molar-refractivity contribution in [2.24, 2.45) is 0 Å². The van der Waals surface area contributed by atoms with E-state index in [1.165, 1.54) is 5.56 Å². The Labute approximate surface area is 108 Å². The summed E-state index contributed by atoms with van der Waals surface area (Å²) in [7, 11) is 1.67. The minimum Gasteiger partial charge on any atom is -0.497 e. The molecule has 1 rings (SSSR count). The van der Waals surface area contributed by atoms with E-state index in [0.29, 0.717) is 5.25 Å². The third-order valence-electron chi connectivity index (χ3n) is 2.55. The van der Waals surface area contributed by atoms with Gasteiger partial charge in [-0.1, -0.05) is 26.0 Å². The van der Waals surface area contributed by atoms with Gasteiger partial charge < -0.3 is 9.84 Å². The first-order chi connectivity index (χ1) is 8.11. The summed E-state index contributed by atoms with van der Waals surface area (Å²) in [5, 5.41) is 10.4. The Kier molecular flexibility index (Phi) is 6.45. The molecule has 0 fully saturated rings. The summed E-state index contributed by atoms with van der Waals surface area (Å²) in [5.41, 5.74) is 1.25. The Hall–Kier alpha value is -0.670. The topological polar surface area (TPSA) is 29.5 Å². The van der Waals surface area contributed by atoms with E-state index in [1.807, 2.05) is 23.9 Å². The van der Waals surface area contributed by atoms with Gasteiger partial charge in [-0.2, -0.15) is 11.8 Å². The molecule has 1 aromatic rings. The maximum Gasteiger partial charge on any atom is 0.118 e. The first-order valence-electron chi connectivity index (χ1n) is 6.04. The lowest BCUT2D eigenvalue weighted by Crippen LogP contribution is -2.12. The molecule has 17 heavy (non-hydrogen) atoms. The maximum atomic E-state index is 9.81. The number of ether oxygens (including phenoxy) is 1. The lowest BCUT2D eigenvalue weighted by atomic mass is 10.1. The zero-order valence-electron chi connectivity index (χ0n) is 10.8. The second-order valence-electron chi connectivity index (χ2n) is 4.42. The normalized spacial score (nSPS) is 12.8. The van der Waals surface area contributed by atoms with Gasteiger partial charge in [0.1, 0.15) is 5.75 Å². The van der Waals surface area contributed by atoms with Crippen molar-refractivity contribution in [2.75, 3.05) is 12.9 Å². The van der Waals surface area contributed by atoms with Crippen LogP contribution in [0.5, 0.6) is 5.75 Å². The van der Waals surface area contributed by atoms with Crippen molar-refractivity contribution in [3.63, 3.8) is 0 Å². The highest BCUT2D eigenvalue weighted by Crippen LogP contribution is 2.16. The van der Waals surface area contributed by atoms with Crippen LogP contribution in [0.1, 0.15) is 25.8 Å². The molecule has 3 heteroatoms. The number of hydrogen-bond donors (Lipinski definition) is 1. The van der Waals surface area contributed by atoms with Gasteiger partial charge in [0.05, 0.1) is 13.2 Å². The molecule has 0 aliphatic heterocycles. The van der Waals surface area contributed by atoms with Crippen molar-refractivity contribution in [3.8, 4) is 5.75 Å². The molecule has 1 unspecified atom stereocenters. The molecule has 2 nitrogen and oxygen atoms in total. The fourth-order valence-electron chi connectivity index (χ4n) is 1.51. The molecule has 1 N–H and O–H groups in total. The van der Waals surface area contributed by atoms with Crippen molar-refractivity contribution in [1.82, 2.24) is 0 Å².